The topological polar surface area (TPSA) is 44.1 Å². The van der Waals surface area contributed by atoms with Gasteiger partial charge in [0.1, 0.15) is 0 Å². The highest BCUT2D eigenvalue weighted by molar-refractivity contribution is 7.80. The first-order valence-electron chi connectivity index (χ1n) is 7.92. The fraction of sp³-hybridized carbons (Fsp3) is 0.500. The Morgan fingerprint density at radius 3 is 2.12 bits per heavy atom. The number of anilines is 1. The van der Waals surface area contributed by atoms with Crippen molar-refractivity contribution in [3.8, 4) is 6.07 Å². The van der Waals surface area contributed by atoms with Crippen molar-refractivity contribution in [1.82, 2.24) is 0 Å². The van der Waals surface area contributed by atoms with Crippen LogP contribution in [0.3, 0.4) is 0 Å². The molecular weight excluding hydrogens is 349 g/mol. The zero-order valence-corrected chi connectivity index (χ0v) is 16.1. The number of hydrogen-bond acceptors (Lipinski definition) is 3. The van der Waals surface area contributed by atoms with Gasteiger partial charge in [-0.1, -0.05) is 53.8 Å². The average Bonchev–Trinajstić information content (AvgIpc) is 2.54. The molecule has 0 aliphatic rings. The third-order valence-corrected chi connectivity index (χ3v) is 3.55. The van der Waals surface area contributed by atoms with Gasteiger partial charge in [0, 0.05) is 5.41 Å². The molecule has 0 saturated heterocycles. The predicted molar refractivity (Wildman–Crippen MR) is 97.3 cm³/mol. The van der Waals surface area contributed by atoms with Crippen molar-refractivity contribution >= 4 is 28.8 Å². The number of nitrogens with zero attached hydrogens (tertiary/aromatic N) is 2. The summed E-state index contributed by atoms with van der Waals surface area (Å²) < 4.78 is 39.3. The molecule has 0 spiro atoms. The fourth-order valence-electron chi connectivity index (χ4n) is 1.87. The Labute approximate surface area is 152 Å². The van der Waals surface area contributed by atoms with Crippen LogP contribution >= 0.6 is 12.2 Å². The maximum atomic E-state index is 13.1. The molecule has 3 nitrogen and oxygen atoms in total. The van der Waals surface area contributed by atoms with Gasteiger partial charge in [-0.3, -0.25) is 9.69 Å². The summed E-state index contributed by atoms with van der Waals surface area (Å²) in [6.45, 7) is 10.7. The summed E-state index contributed by atoms with van der Waals surface area (Å²) in [5.41, 5.74) is -2.37. The standard InChI is InChI=1S/C16H17F3N2OS.C2H6/c1-5-13(23)21(14(22)15(2,3)4)11-7-6-10(9-20)12(8-11)16(17,18)19;1-2/h6-8H,5H2,1-4H3;1-2H3. The van der Waals surface area contributed by atoms with Gasteiger partial charge in [0.15, 0.2) is 0 Å². The zero-order chi connectivity index (χ0) is 20.0. The van der Waals surface area contributed by atoms with Gasteiger partial charge in [0.05, 0.1) is 27.9 Å². The van der Waals surface area contributed by atoms with Crippen molar-refractivity contribution < 1.29 is 18.0 Å². The second kappa shape index (κ2) is 8.95. The number of benzene rings is 1. The summed E-state index contributed by atoms with van der Waals surface area (Å²) in [6.07, 6.45) is -4.36. The molecule has 0 radical (unpaired) electrons. The Balaban J connectivity index is 0.00000277. The molecule has 1 rings (SSSR count). The van der Waals surface area contributed by atoms with E-state index < -0.39 is 28.6 Å². The number of hydrogen-bond donors (Lipinski definition) is 0. The number of alkyl halides is 3. The Bertz CT molecular complexity index is 670. The summed E-state index contributed by atoms with van der Waals surface area (Å²) >= 11 is 5.16. The Hall–Kier alpha value is -1.94. The molecule has 0 fully saturated rings. The summed E-state index contributed by atoms with van der Waals surface area (Å²) in [4.78, 5) is 13.9. The molecule has 1 amide bonds. The van der Waals surface area contributed by atoms with E-state index in [9.17, 15) is 18.0 Å². The second-order valence-corrected chi connectivity index (χ2v) is 6.45. The van der Waals surface area contributed by atoms with Crippen molar-refractivity contribution in [2.75, 3.05) is 4.90 Å². The first kappa shape index (κ1) is 23.1. The summed E-state index contributed by atoms with van der Waals surface area (Å²) in [7, 11) is 0. The van der Waals surface area contributed by atoms with Crippen molar-refractivity contribution in [2.45, 2.75) is 54.1 Å². The number of nitriles is 1. The van der Waals surface area contributed by atoms with Gasteiger partial charge in [-0.05, 0) is 24.6 Å². The molecule has 0 N–H and O–H groups in total. The van der Waals surface area contributed by atoms with E-state index >= 15 is 0 Å². The highest BCUT2D eigenvalue weighted by Gasteiger charge is 2.36. The minimum absolute atomic E-state index is 0.0168. The van der Waals surface area contributed by atoms with E-state index in [0.717, 1.165) is 17.0 Å². The third kappa shape index (κ3) is 5.82. The van der Waals surface area contributed by atoms with Crippen molar-refractivity contribution in [1.29, 1.82) is 5.26 Å². The Kier molecular flexibility index (Phi) is 8.26. The molecule has 138 valence electrons. The predicted octanol–water partition coefficient (Wildman–Crippen LogP) is 5.72. The van der Waals surface area contributed by atoms with Gasteiger partial charge >= 0.3 is 6.18 Å². The van der Waals surface area contributed by atoms with Crippen LogP contribution in [0.5, 0.6) is 0 Å². The Morgan fingerprint density at radius 1 is 1.24 bits per heavy atom. The molecule has 1 aromatic carbocycles. The van der Waals surface area contributed by atoms with E-state index in [2.05, 4.69) is 0 Å². The van der Waals surface area contributed by atoms with Crippen LogP contribution in [-0.2, 0) is 11.0 Å². The maximum absolute atomic E-state index is 13.1. The molecule has 0 aliphatic heterocycles. The second-order valence-electron chi connectivity index (χ2n) is 5.98. The molecule has 0 atom stereocenters. The van der Waals surface area contributed by atoms with Crippen LogP contribution in [0.25, 0.3) is 0 Å². The molecule has 7 heteroatoms. The third-order valence-electron chi connectivity index (χ3n) is 3.08. The van der Waals surface area contributed by atoms with Gasteiger partial charge in [-0.15, -0.1) is 0 Å². The average molecular weight is 372 g/mol. The van der Waals surface area contributed by atoms with Gasteiger partial charge < -0.3 is 0 Å². The van der Waals surface area contributed by atoms with E-state index in [1.165, 1.54) is 12.1 Å². The number of amides is 1. The maximum Gasteiger partial charge on any atom is 0.417 e. The van der Waals surface area contributed by atoms with Gasteiger partial charge in [-0.2, -0.15) is 18.4 Å². The number of halogens is 3. The monoisotopic (exact) mass is 372 g/mol. The lowest BCUT2D eigenvalue weighted by atomic mass is 9.94. The van der Waals surface area contributed by atoms with Crippen LogP contribution in [0.4, 0.5) is 18.9 Å². The molecule has 0 aromatic heterocycles. The number of carbonyl (C=O) groups excluding carboxylic acids is 1. The molecule has 0 aliphatic carbocycles. The van der Waals surface area contributed by atoms with Gasteiger partial charge in [0.25, 0.3) is 0 Å². The largest absolute Gasteiger partial charge is 0.417 e. The van der Waals surface area contributed by atoms with Crippen molar-refractivity contribution in [3.63, 3.8) is 0 Å². The smallest absolute Gasteiger partial charge is 0.274 e. The first-order valence-corrected chi connectivity index (χ1v) is 8.33. The van der Waals surface area contributed by atoms with Crippen LogP contribution in [-0.4, -0.2) is 10.9 Å². The molecular formula is C18H23F3N2OS. The SMILES string of the molecule is CC.CCC(=S)N(C(=O)C(C)(C)C)c1ccc(C#N)c(C(F)(F)F)c1. The number of carbonyl (C=O) groups is 1. The number of thiocarbonyl (C=S) groups is 1. The van der Waals surface area contributed by atoms with Crippen LogP contribution in [0.1, 0.15) is 59.1 Å². The van der Waals surface area contributed by atoms with E-state index in [-0.39, 0.29) is 10.7 Å². The van der Waals surface area contributed by atoms with Crippen molar-refractivity contribution in [2.24, 2.45) is 5.41 Å². The minimum atomic E-state index is -4.69. The minimum Gasteiger partial charge on any atom is -0.274 e. The van der Waals surface area contributed by atoms with Crippen LogP contribution < -0.4 is 4.90 Å². The quantitative estimate of drug-likeness (QED) is 0.624. The van der Waals surface area contributed by atoms with E-state index in [4.69, 9.17) is 17.5 Å². The summed E-state index contributed by atoms with van der Waals surface area (Å²) in [5.74, 6) is -0.401. The summed E-state index contributed by atoms with van der Waals surface area (Å²) in [6, 6.07) is 4.67. The lowest BCUT2D eigenvalue weighted by Gasteiger charge is -2.30. The summed E-state index contributed by atoms with van der Waals surface area (Å²) in [5, 5.41) is 8.85. The van der Waals surface area contributed by atoms with Crippen LogP contribution in [0.15, 0.2) is 18.2 Å². The first-order chi connectivity index (χ1) is 11.4. The molecule has 0 bridgehead atoms. The van der Waals surface area contributed by atoms with Gasteiger partial charge in [-0.25, -0.2) is 0 Å². The molecule has 0 unspecified atom stereocenters. The fourth-order valence-corrected chi connectivity index (χ4v) is 2.06. The van der Waals surface area contributed by atoms with E-state index in [0.29, 0.717) is 6.42 Å². The highest BCUT2D eigenvalue weighted by atomic mass is 32.1. The van der Waals surface area contributed by atoms with Crippen LogP contribution in [0.2, 0.25) is 0 Å². The van der Waals surface area contributed by atoms with E-state index in [1.54, 1.807) is 27.7 Å². The lowest BCUT2D eigenvalue weighted by Crippen LogP contribution is -2.42. The Morgan fingerprint density at radius 2 is 1.76 bits per heavy atom. The van der Waals surface area contributed by atoms with Crippen LogP contribution in [0, 0.1) is 16.7 Å². The number of rotatable bonds is 2. The molecule has 1 aromatic rings. The molecule has 0 heterocycles. The molecule has 0 saturated carbocycles. The highest BCUT2D eigenvalue weighted by Crippen LogP contribution is 2.35. The lowest BCUT2D eigenvalue weighted by molar-refractivity contribution is -0.137. The van der Waals surface area contributed by atoms with Crippen molar-refractivity contribution in [3.05, 3.63) is 29.3 Å². The van der Waals surface area contributed by atoms with E-state index in [1.807, 2.05) is 13.8 Å². The molecule has 25 heavy (non-hydrogen) atoms. The zero-order valence-electron chi connectivity index (χ0n) is 15.3. The van der Waals surface area contributed by atoms with Gasteiger partial charge in [0.2, 0.25) is 5.91 Å². The normalized spacial score (nSPS) is 11.0.